The van der Waals surface area contributed by atoms with Crippen molar-refractivity contribution in [3.8, 4) is 0 Å². The van der Waals surface area contributed by atoms with E-state index in [0.717, 1.165) is 19.3 Å². The van der Waals surface area contributed by atoms with Crippen LogP contribution in [0.3, 0.4) is 0 Å². The van der Waals surface area contributed by atoms with E-state index in [1.165, 1.54) is 0 Å². The van der Waals surface area contributed by atoms with E-state index in [-0.39, 0.29) is 12.2 Å². The van der Waals surface area contributed by atoms with Crippen molar-refractivity contribution in [3.05, 3.63) is 12.2 Å². The molecule has 2 nitrogen and oxygen atoms in total. The largest absolute Gasteiger partial charge is 0.390 e. The Morgan fingerprint density at radius 3 is 2.45 bits per heavy atom. The van der Waals surface area contributed by atoms with Gasteiger partial charge in [0.2, 0.25) is 0 Å². The molecule has 1 fully saturated rings. The fourth-order valence-electron chi connectivity index (χ4n) is 1.92. The summed E-state index contributed by atoms with van der Waals surface area (Å²) in [7, 11) is 0. The van der Waals surface area contributed by atoms with Gasteiger partial charge in [0, 0.05) is 12.8 Å². The van der Waals surface area contributed by atoms with E-state index in [1.807, 2.05) is 6.92 Å². The van der Waals surface area contributed by atoms with Crippen molar-refractivity contribution in [2.75, 3.05) is 0 Å². The molecule has 1 N–H and O–H groups in total. The van der Waals surface area contributed by atoms with Crippen LogP contribution in [-0.2, 0) is 4.74 Å². The van der Waals surface area contributed by atoms with Gasteiger partial charge >= 0.3 is 0 Å². The Morgan fingerprint density at radius 1 is 1.45 bits per heavy atom. The third-order valence-corrected chi connectivity index (χ3v) is 2.71. The summed E-state index contributed by atoms with van der Waals surface area (Å²) in [6.07, 6.45) is 6.88. The second-order valence-corrected chi connectivity index (χ2v) is 3.58. The summed E-state index contributed by atoms with van der Waals surface area (Å²) in [6.45, 7) is 2.03. The van der Waals surface area contributed by atoms with Crippen molar-refractivity contribution in [1.29, 1.82) is 0 Å². The Balaban J connectivity index is 2.11. The second-order valence-electron chi connectivity index (χ2n) is 3.58. The topological polar surface area (TPSA) is 29.5 Å². The highest BCUT2D eigenvalue weighted by molar-refractivity contribution is 5.10. The van der Waals surface area contributed by atoms with Gasteiger partial charge in [0.05, 0.1) is 17.8 Å². The van der Waals surface area contributed by atoms with Crippen LogP contribution in [0.25, 0.3) is 0 Å². The van der Waals surface area contributed by atoms with Gasteiger partial charge < -0.3 is 9.84 Å². The fourth-order valence-corrected chi connectivity index (χ4v) is 1.92. The summed E-state index contributed by atoms with van der Waals surface area (Å²) in [5.74, 6) is 0. The van der Waals surface area contributed by atoms with Crippen LogP contribution in [0.2, 0.25) is 0 Å². The summed E-state index contributed by atoms with van der Waals surface area (Å²) >= 11 is 0. The molecule has 0 aromatic heterocycles. The Morgan fingerprint density at radius 2 is 2.00 bits per heavy atom. The minimum Gasteiger partial charge on any atom is -0.390 e. The SMILES string of the molecule is CC[C@]1(O)C[C@H]2C=C[C@@H](C1)O2. The lowest BCUT2D eigenvalue weighted by atomic mass is 9.87. The van der Waals surface area contributed by atoms with Crippen molar-refractivity contribution in [2.24, 2.45) is 0 Å². The zero-order chi connectivity index (χ0) is 7.90. The van der Waals surface area contributed by atoms with Gasteiger partial charge in [0.15, 0.2) is 0 Å². The number of aliphatic hydroxyl groups is 1. The van der Waals surface area contributed by atoms with Gasteiger partial charge in [-0.25, -0.2) is 0 Å². The van der Waals surface area contributed by atoms with Crippen molar-refractivity contribution in [1.82, 2.24) is 0 Å². The fraction of sp³-hybridized carbons (Fsp3) is 0.778. The number of rotatable bonds is 1. The molecule has 3 atom stereocenters. The number of hydrogen-bond donors (Lipinski definition) is 1. The predicted octanol–water partition coefficient (Wildman–Crippen LogP) is 1.24. The van der Waals surface area contributed by atoms with E-state index < -0.39 is 5.60 Å². The molecule has 0 aromatic carbocycles. The van der Waals surface area contributed by atoms with Gasteiger partial charge in [0.1, 0.15) is 0 Å². The standard InChI is InChI=1S/C9H14O2/c1-2-9(10)5-7-3-4-8(6-9)11-7/h3-4,7-8,10H,2,5-6H2,1H3/t7-,8+,9+. The molecule has 62 valence electrons. The molecule has 0 radical (unpaired) electrons. The molecule has 2 heterocycles. The van der Waals surface area contributed by atoms with Crippen LogP contribution < -0.4 is 0 Å². The van der Waals surface area contributed by atoms with E-state index >= 15 is 0 Å². The van der Waals surface area contributed by atoms with Crippen LogP contribution in [0.4, 0.5) is 0 Å². The first kappa shape index (κ1) is 7.32. The van der Waals surface area contributed by atoms with Crippen LogP contribution in [0.5, 0.6) is 0 Å². The first-order valence-electron chi connectivity index (χ1n) is 4.28. The van der Waals surface area contributed by atoms with Crippen LogP contribution in [-0.4, -0.2) is 22.9 Å². The molecule has 0 aromatic rings. The Labute approximate surface area is 66.9 Å². The highest BCUT2D eigenvalue weighted by Gasteiger charge is 2.39. The zero-order valence-corrected chi connectivity index (χ0v) is 6.79. The number of fused-ring (bicyclic) bond motifs is 2. The van der Waals surface area contributed by atoms with Gasteiger partial charge in [-0.05, 0) is 6.42 Å². The van der Waals surface area contributed by atoms with Crippen molar-refractivity contribution in [2.45, 2.75) is 44.0 Å². The normalized spacial score (nSPS) is 48.2. The van der Waals surface area contributed by atoms with E-state index in [2.05, 4.69) is 12.2 Å². The summed E-state index contributed by atoms with van der Waals surface area (Å²) in [5.41, 5.74) is -0.461. The van der Waals surface area contributed by atoms with Gasteiger partial charge in [-0.2, -0.15) is 0 Å². The van der Waals surface area contributed by atoms with E-state index in [4.69, 9.17) is 4.74 Å². The summed E-state index contributed by atoms with van der Waals surface area (Å²) < 4.78 is 5.52. The second kappa shape index (κ2) is 2.32. The molecule has 0 aliphatic carbocycles. The van der Waals surface area contributed by atoms with E-state index in [0.29, 0.717) is 0 Å². The number of hydrogen-bond acceptors (Lipinski definition) is 2. The van der Waals surface area contributed by atoms with E-state index in [9.17, 15) is 5.11 Å². The molecule has 2 aliphatic heterocycles. The maximum Gasteiger partial charge on any atom is 0.0792 e. The molecule has 2 aliphatic rings. The van der Waals surface area contributed by atoms with Crippen LogP contribution >= 0.6 is 0 Å². The van der Waals surface area contributed by atoms with Gasteiger partial charge in [-0.3, -0.25) is 0 Å². The van der Waals surface area contributed by atoms with Crippen LogP contribution in [0, 0.1) is 0 Å². The van der Waals surface area contributed by atoms with E-state index in [1.54, 1.807) is 0 Å². The van der Waals surface area contributed by atoms with Crippen molar-refractivity contribution >= 4 is 0 Å². The average molecular weight is 154 g/mol. The monoisotopic (exact) mass is 154 g/mol. The lowest BCUT2D eigenvalue weighted by molar-refractivity contribution is -0.104. The summed E-state index contributed by atoms with van der Waals surface area (Å²) in [5, 5.41) is 9.94. The molecule has 2 rings (SSSR count). The highest BCUT2D eigenvalue weighted by Crippen LogP contribution is 2.35. The first-order chi connectivity index (χ1) is 5.22. The molecule has 0 saturated carbocycles. The zero-order valence-electron chi connectivity index (χ0n) is 6.79. The smallest absolute Gasteiger partial charge is 0.0792 e. The molecular formula is C9H14O2. The summed E-state index contributed by atoms with van der Waals surface area (Å²) in [6, 6.07) is 0. The molecule has 11 heavy (non-hydrogen) atoms. The minimum atomic E-state index is -0.461. The Hall–Kier alpha value is -0.340. The maximum atomic E-state index is 9.94. The minimum absolute atomic E-state index is 0.179. The quantitative estimate of drug-likeness (QED) is 0.576. The van der Waals surface area contributed by atoms with Gasteiger partial charge in [-0.15, -0.1) is 0 Å². The van der Waals surface area contributed by atoms with Gasteiger partial charge in [-0.1, -0.05) is 19.1 Å². The Kier molecular flexibility index (Phi) is 1.55. The molecule has 0 unspecified atom stereocenters. The maximum absolute atomic E-state index is 9.94. The third-order valence-electron chi connectivity index (χ3n) is 2.71. The average Bonchev–Trinajstić information content (AvgIpc) is 2.31. The molecular weight excluding hydrogens is 140 g/mol. The van der Waals surface area contributed by atoms with Crippen LogP contribution in [0.15, 0.2) is 12.2 Å². The molecule has 0 spiro atoms. The molecule has 2 heteroatoms. The Bertz CT molecular complexity index is 172. The predicted molar refractivity (Wildman–Crippen MR) is 42.3 cm³/mol. The van der Waals surface area contributed by atoms with Crippen molar-refractivity contribution < 1.29 is 9.84 Å². The molecule has 2 bridgehead atoms. The van der Waals surface area contributed by atoms with Crippen molar-refractivity contribution in [3.63, 3.8) is 0 Å². The lowest BCUT2D eigenvalue weighted by Crippen LogP contribution is -2.40. The first-order valence-corrected chi connectivity index (χ1v) is 4.28. The third kappa shape index (κ3) is 1.21. The highest BCUT2D eigenvalue weighted by atomic mass is 16.5. The number of ether oxygens (including phenoxy) is 1. The van der Waals surface area contributed by atoms with Gasteiger partial charge in [0.25, 0.3) is 0 Å². The summed E-state index contributed by atoms with van der Waals surface area (Å²) in [4.78, 5) is 0. The van der Waals surface area contributed by atoms with Crippen LogP contribution in [0.1, 0.15) is 26.2 Å². The molecule has 1 saturated heterocycles. The lowest BCUT2D eigenvalue weighted by Gasteiger charge is -2.35. The molecule has 0 amide bonds.